The summed E-state index contributed by atoms with van der Waals surface area (Å²) < 4.78 is 1.91. The van der Waals surface area contributed by atoms with Crippen molar-refractivity contribution in [2.24, 2.45) is 7.05 Å². The molecular formula is C12H14Cl2N4. The molecule has 0 amide bonds. The van der Waals surface area contributed by atoms with Crippen LogP contribution in [0.1, 0.15) is 11.4 Å². The molecule has 0 atom stereocenters. The zero-order chi connectivity index (χ0) is 13.0. The van der Waals surface area contributed by atoms with E-state index < -0.39 is 0 Å². The fourth-order valence-electron chi connectivity index (χ4n) is 1.64. The molecule has 0 spiro atoms. The molecule has 0 unspecified atom stereocenters. The Kier molecular flexibility index (Phi) is 4.58. The average Bonchev–Trinajstić information content (AvgIpc) is 2.76. The molecule has 1 heterocycles. The van der Waals surface area contributed by atoms with Gasteiger partial charge in [-0.3, -0.25) is 0 Å². The van der Waals surface area contributed by atoms with Crippen molar-refractivity contribution in [1.82, 2.24) is 20.1 Å². The molecule has 0 saturated carbocycles. The van der Waals surface area contributed by atoms with E-state index in [-0.39, 0.29) is 0 Å². The maximum atomic E-state index is 6.10. The van der Waals surface area contributed by atoms with Gasteiger partial charge in [-0.25, -0.2) is 0 Å². The zero-order valence-corrected chi connectivity index (χ0v) is 11.5. The van der Waals surface area contributed by atoms with E-state index in [9.17, 15) is 0 Å². The van der Waals surface area contributed by atoms with Crippen LogP contribution in [0, 0.1) is 0 Å². The van der Waals surface area contributed by atoms with Gasteiger partial charge in [0.05, 0.1) is 10.0 Å². The van der Waals surface area contributed by atoms with Gasteiger partial charge in [-0.2, -0.15) is 0 Å². The average molecular weight is 285 g/mol. The first-order valence-corrected chi connectivity index (χ1v) is 6.40. The van der Waals surface area contributed by atoms with Crippen molar-refractivity contribution >= 4 is 23.2 Å². The van der Waals surface area contributed by atoms with Crippen LogP contribution in [0.4, 0.5) is 0 Å². The third-order valence-electron chi connectivity index (χ3n) is 2.68. The Bertz CT molecular complexity index is 525. The second kappa shape index (κ2) is 6.18. The zero-order valence-electron chi connectivity index (χ0n) is 10.0. The first-order valence-electron chi connectivity index (χ1n) is 5.65. The number of hydrogen-bond acceptors (Lipinski definition) is 3. The lowest BCUT2D eigenvalue weighted by atomic mass is 10.2. The molecule has 6 heteroatoms. The number of nitrogens with one attached hydrogen (secondary N) is 1. The minimum Gasteiger partial charge on any atom is -0.321 e. The van der Waals surface area contributed by atoms with Gasteiger partial charge in [0.25, 0.3) is 0 Å². The van der Waals surface area contributed by atoms with Crippen molar-refractivity contribution < 1.29 is 0 Å². The predicted octanol–water partition coefficient (Wildman–Crippen LogP) is 2.45. The van der Waals surface area contributed by atoms with Crippen LogP contribution in [0.3, 0.4) is 0 Å². The van der Waals surface area contributed by atoms with E-state index in [0.29, 0.717) is 16.6 Å². The quantitative estimate of drug-likeness (QED) is 0.858. The first-order chi connectivity index (χ1) is 8.68. The van der Waals surface area contributed by atoms with Crippen molar-refractivity contribution in [2.45, 2.75) is 13.0 Å². The fraction of sp³-hybridized carbons (Fsp3) is 0.333. The van der Waals surface area contributed by atoms with E-state index >= 15 is 0 Å². The highest BCUT2D eigenvalue weighted by molar-refractivity contribution is 6.42. The van der Waals surface area contributed by atoms with Crippen LogP contribution in [0.25, 0.3) is 0 Å². The second-order valence-electron chi connectivity index (χ2n) is 4.00. The summed E-state index contributed by atoms with van der Waals surface area (Å²) in [6.45, 7) is 1.51. The summed E-state index contributed by atoms with van der Waals surface area (Å²) in [5, 5.41) is 12.4. The van der Waals surface area contributed by atoms with Crippen molar-refractivity contribution in [2.75, 3.05) is 6.54 Å². The smallest absolute Gasteiger partial charge is 0.133 e. The SMILES string of the molecule is Cn1cnnc1CCNCc1cccc(Cl)c1Cl. The van der Waals surface area contributed by atoms with Crippen molar-refractivity contribution in [1.29, 1.82) is 0 Å². The molecule has 2 rings (SSSR count). The molecular weight excluding hydrogens is 271 g/mol. The number of nitrogens with zero attached hydrogens (tertiary/aromatic N) is 3. The Morgan fingerprint density at radius 3 is 2.89 bits per heavy atom. The third kappa shape index (κ3) is 3.22. The molecule has 0 aliphatic heterocycles. The van der Waals surface area contributed by atoms with E-state index in [1.54, 1.807) is 12.4 Å². The van der Waals surface area contributed by atoms with Crippen LogP contribution in [-0.2, 0) is 20.0 Å². The molecule has 1 aromatic carbocycles. The minimum atomic E-state index is 0.587. The van der Waals surface area contributed by atoms with Gasteiger partial charge in [-0.1, -0.05) is 35.3 Å². The largest absolute Gasteiger partial charge is 0.321 e. The van der Waals surface area contributed by atoms with Gasteiger partial charge in [0.1, 0.15) is 12.2 Å². The van der Waals surface area contributed by atoms with Crippen LogP contribution >= 0.6 is 23.2 Å². The predicted molar refractivity (Wildman–Crippen MR) is 72.9 cm³/mol. The van der Waals surface area contributed by atoms with Crippen molar-refractivity contribution in [3.8, 4) is 0 Å². The molecule has 0 bridgehead atoms. The summed E-state index contributed by atoms with van der Waals surface area (Å²) in [7, 11) is 1.93. The summed E-state index contributed by atoms with van der Waals surface area (Å²) >= 11 is 12.0. The maximum Gasteiger partial charge on any atom is 0.133 e. The monoisotopic (exact) mass is 284 g/mol. The summed E-state index contributed by atoms with van der Waals surface area (Å²) in [6.07, 6.45) is 2.53. The maximum absolute atomic E-state index is 6.10. The van der Waals surface area contributed by atoms with Gasteiger partial charge in [0, 0.05) is 26.6 Å². The van der Waals surface area contributed by atoms with Gasteiger partial charge >= 0.3 is 0 Å². The molecule has 0 fully saturated rings. The summed E-state index contributed by atoms with van der Waals surface area (Å²) in [5.74, 6) is 0.958. The molecule has 0 saturated heterocycles. The lowest BCUT2D eigenvalue weighted by Gasteiger charge is -2.07. The molecule has 1 N–H and O–H groups in total. The minimum absolute atomic E-state index is 0.587. The normalized spacial score (nSPS) is 10.8. The molecule has 0 radical (unpaired) electrons. The van der Waals surface area contributed by atoms with Gasteiger partial charge in [-0.05, 0) is 11.6 Å². The van der Waals surface area contributed by atoms with E-state index in [1.165, 1.54) is 0 Å². The number of aromatic nitrogens is 3. The van der Waals surface area contributed by atoms with E-state index in [0.717, 1.165) is 24.4 Å². The number of halogens is 2. The van der Waals surface area contributed by atoms with Gasteiger partial charge in [-0.15, -0.1) is 10.2 Å². The number of benzene rings is 1. The highest BCUT2D eigenvalue weighted by atomic mass is 35.5. The fourth-order valence-corrected chi connectivity index (χ4v) is 2.03. The van der Waals surface area contributed by atoms with Crippen LogP contribution in [0.5, 0.6) is 0 Å². The third-order valence-corrected chi connectivity index (χ3v) is 3.54. The first kappa shape index (κ1) is 13.3. The highest BCUT2D eigenvalue weighted by Gasteiger charge is 2.04. The number of rotatable bonds is 5. The van der Waals surface area contributed by atoms with E-state index in [4.69, 9.17) is 23.2 Å². The number of hydrogen-bond donors (Lipinski definition) is 1. The Labute approximate surface area is 116 Å². The highest BCUT2D eigenvalue weighted by Crippen LogP contribution is 2.25. The molecule has 0 aliphatic rings. The molecule has 1 aromatic heterocycles. The molecule has 0 aliphatic carbocycles. The Balaban J connectivity index is 1.82. The summed E-state index contributed by atoms with van der Waals surface area (Å²) in [5.41, 5.74) is 1.00. The lowest BCUT2D eigenvalue weighted by molar-refractivity contribution is 0.654. The molecule has 2 aromatic rings. The summed E-state index contributed by atoms with van der Waals surface area (Å²) in [6, 6.07) is 5.64. The Hall–Kier alpha value is -1.10. The van der Waals surface area contributed by atoms with Gasteiger partial charge in [0.2, 0.25) is 0 Å². The van der Waals surface area contributed by atoms with E-state index in [1.807, 2.05) is 23.7 Å². The van der Waals surface area contributed by atoms with Crippen LogP contribution < -0.4 is 5.32 Å². The van der Waals surface area contributed by atoms with E-state index in [2.05, 4.69) is 15.5 Å². The van der Waals surface area contributed by atoms with Crippen LogP contribution in [0.15, 0.2) is 24.5 Å². The van der Waals surface area contributed by atoms with Crippen molar-refractivity contribution in [3.05, 3.63) is 46.0 Å². The number of aryl methyl sites for hydroxylation is 1. The van der Waals surface area contributed by atoms with Gasteiger partial charge in [0.15, 0.2) is 0 Å². The van der Waals surface area contributed by atoms with Crippen LogP contribution in [0.2, 0.25) is 10.0 Å². The molecule has 96 valence electrons. The Morgan fingerprint density at radius 2 is 2.17 bits per heavy atom. The second-order valence-corrected chi connectivity index (χ2v) is 4.78. The topological polar surface area (TPSA) is 42.7 Å². The van der Waals surface area contributed by atoms with Crippen LogP contribution in [-0.4, -0.2) is 21.3 Å². The Morgan fingerprint density at radius 1 is 1.33 bits per heavy atom. The molecule has 4 nitrogen and oxygen atoms in total. The molecule has 18 heavy (non-hydrogen) atoms. The lowest BCUT2D eigenvalue weighted by Crippen LogP contribution is -2.18. The summed E-state index contributed by atoms with van der Waals surface area (Å²) in [4.78, 5) is 0. The van der Waals surface area contributed by atoms with Gasteiger partial charge < -0.3 is 9.88 Å². The standard InChI is InChI=1S/C12H14Cl2N4/c1-18-8-16-17-11(18)5-6-15-7-9-3-2-4-10(13)12(9)14/h2-4,8,15H,5-7H2,1H3. The van der Waals surface area contributed by atoms with Crippen molar-refractivity contribution in [3.63, 3.8) is 0 Å².